The summed E-state index contributed by atoms with van der Waals surface area (Å²) >= 11 is 0. The number of benzene rings is 5. The summed E-state index contributed by atoms with van der Waals surface area (Å²) in [6, 6.07) is 39.0. The van der Waals surface area contributed by atoms with Gasteiger partial charge in [-0.1, -0.05) is 84.9 Å². The van der Waals surface area contributed by atoms with Crippen LogP contribution in [0.1, 0.15) is 0 Å². The van der Waals surface area contributed by atoms with Gasteiger partial charge in [0.1, 0.15) is 0 Å². The van der Waals surface area contributed by atoms with E-state index in [9.17, 15) is 0 Å². The Morgan fingerprint density at radius 2 is 1.03 bits per heavy atom. The molecule has 0 fully saturated rings. The van der Waals surface area contributed by atoms with E-state index in [1.165, 1.54) is 49.0 Å². The Kier molecular flexibility index (Phi) is 3.85. The van der Waals surface area contributed by atoms with E-state index < -0.39 is 0 Å². The third kappa shape index (κ3) is 2.67. The molecule has 0 aliphatic heterocycles. The highest BCUT2D eigenvalue weighted by Gasteiger charge is 2.12. The minimum atomic E-state index is 1.00. The third-order valence-electron chi connectivity index (χ3n) is 5.90. The quantitative estimate of drug-likeness (QED) is 0.278. The van der Waals surface area contributed by atoms with Crippen LogP contribution in [0, 0.1) is 0 Å². The predicted molar refractivity (Wildman–Crippen MR) is 128 cm³/mol. The minimum Gasteiger partial charge on any atom is -0.256 e. The van der Waals surface area contributed by atoms with Gasteiger partial charge in [0.2, 0.25) is 0 Å². The zero-order chi connectivity index (χ0) is 19.9. The van der Waals surface area contributed by atoms with E-state index in [2.05, 4.69) is 102 Å². The number of aromatic nitrogens is 1. The second-order valence-electron chi connectivity index (χ2n) is 7.65. The van der Waals surface area contributed by atoms with E-state index in [0.29, 0.717) is 0 Å². The van der Waals surface area contributed by atoms with Gasteiger partial charge >= 0.3 is 0 Å². The maximum absolute atomic E-state index is 4.59. The number of pyridine rings is 1. The van der Waals surface area contributed by atoms with Crippen molar-refractivity contribution in [1.29, 1.82) is 0 Å². The van der Waals surface area contributed by atoms with E-state index >= 15 is 0 Å². The number of fused-ring (bicyclic) bond motifs is 3. The van der Waals surface area contributed by atoms with Gasteiger partial charge in [0.25, 0.3) is 0 Å². The third-order valence-corrected chi connectivity index (χ3v) is 5.90. The highest BCUT2D eigenvalue weighted by Crippen LogP contribution is 2.38. The molecule has 0 unspecified atom stereocenters. The molecule has 0 spiro atoms. The Balaban J connectivity index is 1.66. The Labute approximate surface area is 175 Å². The van der Waals surface area contributed by atoms with Crippen LogP contribution in [0.25, 0.3) is 54.7 Å². The summed E-state index contributed by atoms with van der Waals surface area (Å²) < 4.78 is 0. The minimum absolute atomic E-state index is 1.00. The van der Waals surface area contributed by atoms with Crippen molar-refractivity contribution in [3.8, 4) is 22.4 Å². The van der Waals surface area contributed by atoms with Crippen molar-refractivity contribution < 1.29 is 0 Å². The van der Waals surface area contributed by atoms with E-state index in [-0.39, 0.29) is 0 Å². The van der Waals surface area contributed by atoms with Crippen molar-refractivity contribution >= 4 is 32.3 Å². The van der Waals surface area contributed by atoms with Gasteiger partial charge < -0.3 is 0 Å². The van der Waals surface area contributed by atoms with Crippen molar-refractivity contribution in [2.45, 2.75) is 0 Å². The molecule has 0 atom stereocenters. The molecule has 5 aromatic carbocycles. The molecule has 0 bridgehead atoms. The second-order valence-corrected chi connectivity index (χ2v) is 7.65. The lowest BCUT2D eigenvalue weighted by atomic mass is 9.90. The zero-order valence-corrected chi connectivity index (χ0v) is 16.4. The lowest BCUT2D eigenvalue weighted by Crippen LogP contribution is -1.89. The molecule has 6 aromatic rings. The Morgan fingerprint density at radius 1 is 0.400 bits per heavy atom. The van der Waals surface area contributed by atoms with E-state index in [4.69, 9.17) is 0 Å². The Hall–Kier alpha value is -3.97. The summed E-state index contributed by atoms with van der Waals surface area (Å²) in [4.78, 5) is 4.59. The van der Waals surface area contributed by atoms with Crippen LogP contribution in [0.5, 0.6) is 0 Å². The first-order valence-corrected chi connectivity index (χ1v) is 10.2. The molecule has 0 saturated carbocycles. The van der Waals surface area contributed by atoms with Crippen molar-refractivity contribution in [2.75, 3.05) is 0 Å². The molecule has 0 amide bonds. The van der Waals surface area contributed by atoms with Crippen LogP contribution in [0.4, 0.5) is 0 Å². The second kappa shape index (κ2) is 6.82. The van der Waals surface area contributed by atoms with Crippen LogP contribution < -0.4 is 0 Å². The molecule has 0 aliphatic rings. The van der Waals surface area contributed by atoms with Gasteiger partial charge in [-0.2, -0.15) is 0 Å². The van der Waals surface area contributed by atoms with E-state index in [0.717, 1.165) is 5.69 Å². The van der Waals surface area contributed by atoms with E-state index in [1.54, 1.807) is 0 Å². The van der Waals surface area contributed by atoms with Crippen molar-refractivity contribution in [3.63, 3.8) is 0 Å². The topological polar surface area (TPSA) is 12.9 Å². The van der Waals surface area contributed by atoms with Gasteiger partial charge in [-0.05, 0) is 67.7 Å². The maximum Gasteiger partial charge on any atom is 0.0708 e. The number of nitrogens with zero attached hydrogens (tertiary/aromatic N) is 1. The Bertz CT molecular complexity index is 1530. The molecular weight excluding hydrogens is 362 g/mol. The van der Waals surface area contributed by atoms with E-state index in [1.807, 2.05) is 18.3 Å². The smallest absolute Gasteiger partial charge is 0.0708 e. The fraction of sp³-hybridized carbons (Fsp3) is 0. The SMILES string of the molecule is c1ccc(-c2ccc(-c3cccc4cc5ccccc5cc34)c3ccccc23)nc1. The lowest BCUT2D eigenvalue weighted by molar-refractivity contribution is 1.33. The molecule has 0 saturated heterocycles. The molecule has 1 heterocycles. The molecule has 1 nitrogen and oxygen atoms in total. The molecule has 0 N–H and O–H groups in total. The zero-order valence-electron chi connectivity index (χ0n) is 16.4. The summed E-state index contributed by atoms with van der Waals surface area (Å²) in [6.07, 6.45) is 1.85. The monoisotopic (exact) mass is 381 g/mol. The first kappa shape index (κ1) is 16.9. The Morgan fingerprint density at radius 3 is 1.83 bits per heavy atom. The van der Waals surface area contributed by atoms with Crippen LogP contribution in [0.2, 0.25) is 0 Å². The fourth-order valence-corrected chi connectivity index (χ4v) is 4.48. The molecule has 1 heteroatoms. The highest BCUT2D eigenvalue weighted by atomic mass is 14.7. The van der Waals surface area contributed by atoms with Crippen LogP contribution in [0.3, 0.4) is 0 Å². The molecule has 30 heavy (non-hydrogen) atoms. The summed E-state index contributed by atoms with van der Waals surface area (Å²) in [5, 5.41) is 7.58. The van der Waals surface area contributed by atoms with Gasteiger partial charge in [-0.25, -0.2) is 0 Å². The molecule has 0 radical (unpaired) electrons. The van der Waals surface area contributed by atoms with Crippen molar-refractivity contribution in [3.05, 3.63) is 115 Å². The summed E-state index contributed by atoms with van der Waals surface area (Å²) in [5.41, 5.74) is 4.69. The van der Waals surface area contributed by atoms with Crippen LogP contribution in [-0.2, 0) is 0 Å². The standard InChI is InChI=1S/C29H19N/c1-2-9-21-19-28-22(18-20(21)8-1)10-7-13-25(28)26-15-16-27(29-14-5-6-17-30-29)24-12-4-3-11-23(24)26/h1-19H. The van der Waals surface area contributed by atoms with Crippen LogP contribution in [0.15, 0.2) is 115 Å². The summed E-state index contributed by atoms with van der Waals surface area (Å²) in [6.45, 7) is 0. The molecule has 6 rings (SSSR count). The van der Waals surface area contributed by atoms with Gasteiger partial charge in [0, 0.05) is 11.8 Å². The number of hydrogen-bond acceptors (Lipinski definition) is 1. The fourth-order valence-electron chi connectivity index (χ4n) is 4.48. The molecule has 0 aliphatic carbocycles. The predicted octanol–water partition coefficient (Wildman–Crippen LogP) is 7.88. The van der Waals surface area contributed by atoms with Crippen molar-refractivity contribution in [2.24, 2.45) is 0 Å². The van der Waals surface area contributed by atoms with Gasteiger partial charge in [-0.3, -0.25) is 4.98 Å². The van der Waals surface area contributed by atoms with Gasteiger partial charge in [-0.15, -0.1) is 0 Å². The summed E-state index contributed by atoms with van der Waals surface area (Å²) in [7, 11) is 0. The van der Waals surface area contributed by atoms with Crippen LogP contribution >= 0.6 is 0 Å². The normalized spacial score (nSPS) is 11.3. The lowest BCUT2D eigenvalue weighted by Gasteiger charge is -2.14. The molecular formula is C29H19N. The first-order valence-electron chi connectivity index (χ1n) is 10.2. The average Bonchev–Trinajstić information content (AvgIpc) is 2.82. The number of rotatable bonds is 2. The molecule has 140 valence electrons. The van der Waals surface area contributed by atoms with Crippen molar-refractivity contribution in [1.82, 2.24) is 4.98 Å². The number of hydrogen-bond donors (Lipinski definition) is 0. The first-order chi connectivity index (χ1) is 14.9. The van der Waals surface area contributed by atoms with Crippen LogP contribution in [-0.4, -0.2) is 4.98 Å². The summed E-state index contributed by atoms with van der Waals surface area (Å²) in [5.74, 6) is 0. The van der Waals surface area contributed by atoms with Gasteiger partial charge in [0.15, 0.2) is 0 Å². The maximum atomic E-state index is 4.59. The largest absolute Gasteiger partial charge is 0.256 e. The molecule has 1 aromatic heterocycles. The highest BCUT2D eigenvalue weighted by molar-refractivity contribution is 6.11. The average molecular weight is 381 g/mol. The van der Waals surface area contributed by atoms with Gasteiger partial charge in [0.05, 0.1) is 5.69 Å².